The van der Waals surface area contributed by atoms with Crippen molar-refractivity contribution in [1.29, 1.82) is 0 Å². The van der Waals surface area contributed by atoms with Crippen molar-refractivity contribution >= 4 is 6.29 Å². The molecule has 0 N–H and O–H groups in total. The van der Waals surface area contributed by atoms with Crippen LogP contribution in [0.4, 0.5) is 0 Å². The van der Waals surface area contributed by atoms with Crippen LogP contribution in [0, 0.1) is 11.3 Å². The minimum atomic E-state index is 0.276. The van der Waals surface area contributed by atoms with Crippen LogP contribution >= 0.6 is 0 Å². The first-order valence-electron chi connectivity index (χ1n) is 5.94. The predicted molar refractivity (Wildman–Crippen MR) is 69.2 cm³/mol. The summed E-state index contributed by atoms with van der Waals surface area (Å²) in [5.41, 5.74) is 2.61. The summed E-state index contributed by atoms with van der Waals surface area (Å²) in [5.74, 6) is 0.632. The zero-order valence-corrected chi connectivity index (χ0v) is 10.6. The summed E-state index contributed by atoms with van der Waals surface area (Å²) < 4.78 is 0. The monoisotopic (exact) mass is 218 g/mol. The minimum absolute atomic E-state index is 0.276. The third-order valence-electron chi connectivity index (χ3n) is 3.94. The molecule has 16 heavy (non-hydrogen) atoms. The van der Waals surface area contributed by atoms with Crippen molar-refractivity contribution in [2.75, 3.05) is 0 Å². The maximum absolute atomic E-state index is 10.8. The van der Waals surface area contributed by atoms with Gasteiger partial charge in [0.25, 0.3) is 0 Å². The van der Waals surface area contributed by atoms with E-state index >= 15 is 0 Å². The van der Waals surface area contributed by atoms with E-state index in [0.717, 1.165) is 24.7 Å². The molecule has 1 heteroatoms. The quantitative estimate of drug-likeness (QED) is 0.386. The Bertz CT molecular complexity index is 331. The van der Waals surface area contributed by atoms with Crippen molar-refractivity contribution in [3.05, 3.63) is 36.0 Å². The largest absolute Gasteiger partial charge is 0.298 e. The summed E-state index contributed by atoms with van der Waals surface area (Å²) in [6.45, 7) is 10.4. The van der Waals surface area contributed by atoms with E-state index in [1.807, 2.05) is 0 Å². The molecule has 0 saturated carbocycles. The van der Waals surface area contributed by atoms with Crippen LogP contribution in [0.25, 0.3) is 0 Å². The van der Waals surface area contributed by atoms with E-state index in [1.165, 1.54) is 5.57 Å². The molecule has 0 fully saturated rings. The van der Waals surface area contributed by atoms with Gasteiger partial charge in [-0.1, -0.05) is 37.6 Å². The van der Waals surface area contributed by atoms with E-state index in [1.54, 1.807) is 6.08 Å². The Morgan fingerprint density at radius 3 is 2.75 bits per heavy atom. The van der Waals surface area contributed by atoms with E-state index in [-0.39, 0.29) is 5.41 Å². The van der Waals surface area contributed by atoms with Crippen LogP contribution in [-0.4, -0.2) is 6.29 Å². The third kappa shape index (κ3) is 2.72. The van der Waals surface area contributed by atoms with Gasteiger partial charge in [0, 0.05) is 0 Å². The average Bonchev–Trinajstić information content (AvgIpc) is 2.50. The maximum atomic E-state index is 10.8. The van der Waals surface area contributed by atoms with Crippen LogP contribution in [0.1, 0.15) is 40.0 Å². The van der Waals surface area contributed by atoms with Crippen molar-refractivity contribution in [1.82, 2.24) is 0 Å². The molecule has 0 aromatic heterocycles. The van der Waals surface area contributed by atoms with Gasteiger partial charge in [-0.05, 0) is 43.1 Å². The summed E-state index contributed by atoms with van der Waals surface area (Å²) >= 11 is 0. The van der Waals surface area contributed by atoms with Crippen molar-refractivity contribution in [3.8, 4) is 0 Å². The molecule has 0 aromatic rings. The minimum Gasteiger partial charge on any atom is -0.298 e. The molecule has 0 aromatic carbocycles. The zero-order chi connectivity index (χ0) is 12.2. The fraction of sp³-hybridized carbons (Fsp3) is 0.533. The molecule has 1 atom stereocenters. The highest BCUT2D eigenvalue weighted by molar-refractivity contribution is 5.73. The second-order valence-corrected chi connectivity index (χ2v) is 5.17. The Morgan fingerprint density at radius 2 is 2.31 bits per heavy atom. The molecule has 1 rings (SSSR count). The summed E-state index contributed by atoms with van der Waals surface area (Å²) in [5, 5.41) is 0. The topological polar surface area (TPSA) is 17.1 Å². The molecule has 1 nitrogen and oxygen atoms in total. The molecule has 0 aliphatic heterocycles. The highest BCUT2D eigenvalue weighted by Gasteiger charge is 2.33. The highest BCUT2D eigenvalue weighted by Crippen LogP contribution is 2.44. The van der Waals surface area contributed by atoms with Crippen LogP contribution in [0.15, 0.2) is 36.0 Å². The molecule has 0 spiro atoms. The number of hydrogen-bond acceptors (Lipinski definition) is 1. The second-order valence-electron chi connectivity index (χ2n) is 5.17. The second kappa shape index (κ2) is 5.29. The summed E-state index contributed by atoms with van der Waals surface area (Å²) in [7, 11) is 0. The summed E-state index contributed by atoms with van der Waals surface area (Å²) in [6.07, 6.45) is 9.94. The normalized spacial score (nSPS) is 24.1. The van der Waals surface area contributed by atoms with Crippen molar-refractivity contribution in [2.45, 2.75) is 40.0 Å². The van der Waals surface area contributed by atoms with Crippen molar-refractivity contribution in [3.63, 3.8) is 0 Å². The third-order valence-corrected chi connectivity index (χ3v) is 3.94. The van der Waals surface area contributed by atoms with Gasteiger partial charge in [-0.15, -0.1) is 6.58 Å². The van der Waals surface area contributed by atoms with Gasteiger partial charge in [-0.25, -0.2) is 0 Å². The molecular formula is C15H22O. The Kier molecular flexibility index (Phi) is 4.28. The van der Waals surface area contributed by atoms with E-state index in [4.69, 9.17) is 0 Å². The molecule has 0 bridgehead atoms. The van der Waals surface area contributed by atoms with Gasteiger partial charge in [-0.3, -0.25) is 4.79 Å². The number of allylic oxidation sites excluding steroid dienone is 5. The fourth-order valence-electron chi connectivity index (χ4n) is 2.23. The van der Waals surface area contributed by atoms with Crippen LogP contribution in [-0.2, 0) is 4.79 Å². The molecule has 1 aliphatic rings. The molecular weight excluding hydrogens is 196 g/mol. The van der Waals surface area contributed by atoms with Gasteiger partial charge in [0.05, 0.1) is 0 Å². The number of carbonyl (C=O) groups excluding carboxylic acids is 1. The van der Waals surface area contributed by atoms with E-state index < -0.39 is 0 Å². The number of carbonyl (C=O) groups is 1. The lowest BCUT2D eigenvalue weighted by atomic mass is 9.76. The van der Waals surface area contributed by atoms with Gasteiger partial charge >= 0.3 is 0 Å². The SMILES string of the molecule is C=CCC(C=O)=CC[C@H]1CC=C(C)C1(C)C. The number of rotatable bonds is 5. The van der Waals surface area contributed by atoms with Crippen LogP contribution in [0.5, 0.6) is 0 Å². The molecule has 88 valence electrons. The fourth-order valence-corrected chi connectivity index (χ4v) is 2.23. The average molecular weight is 218 g/mol. The number of hydrogen-bond donors (Lipinski definition) is 0. The zero-order valence-electron chi connectivity index (χ0n) is 10.6. The Balaban J connectivity index is 2.63. The van der Waals surface area contributed by atoms with Crippen molar-refractivity contribution in [2.24, 2.45) is 11.3 Å². The first-order valence-corrected chi connectivity index (χ1v) is 5.94. The number of aldehydes is 1. The van der Waals surface area contributed by atoms with Gasteiger partial charge < -0.3 is 0 Å². The summed E-state index contributed by atoms with van der Waals surface area (Å²) in [4.78, 5) is 10.8. The van der Waals surface area contributed by atoms with E-state index in [9.17, 15) is 4.79 Å². The van der Waals surface area contributed by atoms with Crippen LogP contribution in [0.3, 0.4) is 0 Å². The molecule has 0 heterocycles. The molecule has 0 unspecified atom stereocenters. The molecule has 0 saturated heterocycles. The molecule has 0 radical (unpaired) electrons. The van der Waals surface area contributed by atoms with Crippen molar-refractivity contribution < 1.29 is 4.79 Å². The Hall–Kier alpha value is -1.11. The molecule has 0 amide bonds. The van der Waals surface area contributed by atoms with Crippen LogP contribution in [0.2, 0.25) is 0 Å². The molecule has 1 aliphatic carbocycles. The van der Waals surface area contributed by atoms with Gasteiger partial charge in [0.2, 0.25) is 0 Å². The van der Waals surface area contributed by atoms with Gasteiger partial charge in [-0.2, -0.15) is 0 Å². The lowest BCUT2D eigenvalue weighted by Crippen LogP contribution is -2.19. The summed E-state index contributed by atoms with van der Waals surface area (Å²) in [6, 6.07) is 0. The highest BCUT2D eigenvalue weighted by atomic mass is 16.1. The van der Waals surface area contributed by atoms with Crippen LogP contribution < -0.4 is 0 Å². The Labute approximate surface area is 98.9 Å². The standard InChI is InChI=1S/C15H22O/c1-5-6-13(11-16)8-10-14-9-7-12(2)15(14,3)4/h5,7-8,11,14H,1,6,9-10H2,2-4H3/t14-/m1/s1. The van der Waals surface area contributed by atoms with E-state index in [2.05, 4.69) is 39.5 Å². The smallest absolute Gasteiger partial charge is 0.146 e. The lowest BCUT2D eigenvalue weighted by Gasteiger charge is -2.29. The lowest BCUT2D eigenvalue weighted by molar-refractivity contribution is -0.105. The van der Waals surface area contributed by atoms with Gasteiger partial charge in [0.15, 0.2) is 0 Å². The Morgan fingerprint density at radius 1 is 1.62 bits per heavy atom. The first kappa shape index (κ1) is 13.0. The van der Waals surface area contributed by atoms with E-state index in [0.29, 0.717) is 12.3 Å². The maximum Gasteiger partial charge on any atom is 0.146 e. The van der Waals surface area contributed by atoms with Gasteiger partial charge in [0.1, 0.15) is 6.29 Å². The predicted octanol–water partition coefficient (Wildman–Crippen LogP) is 4.07. The first-order chi connectivity index (χ1) is 7.52.